The minimum atomic E-state index is -1.21. The molecule has 27 heavy (non-hydrogen) atoms. The molecule has 0 spiro atoms. The van der Waals surface area contributed by atoms with Gasteiger partial charge in [-0.25, -0.2) is 4.39 Å². The van der Waals surface area contributed by atoms with Gasteiger partial charge in [0.1, 0.15) is 11.7 Å². The summed E-state index contributed by atoms with van der Waals surface area (Å²) < 4.78 is 14.5. The first kappa shape index (κ1) is 19.1. The molecule has 1 saturated carbocycles. The minimum absolute atomic E-state index is 0.00507. The lowest BCUT2D eigenvalue weighted by molar-refractivity contribution is -0.139. The van der Waals surface area contributed by atoms with Crippen LogP contribution in [0, 0.1) is 11.7 Å². The van der Waals surface area contributed by atoms with Crippen LogP contribution in [0.1, 0.15) is 30.1 Å². The largest absolute Gasteiger partial charge is 0.481 e. The van der Waals surface area contributed by atoms with Crippen molar-refractivity contribution in [3.05, 3.63) is 23.5 Å². The van der Waals surface area contributed by atoms with Gasteiger partial charge in [-0.2, -0.15) is 0 Å². The first-order chi connectivity index (χ1) is 12.8. The van der Waals surface area contributed by atoms with Gasteiger partial charge in [-0.15, -0.1) is 0 Å². The monoisotopic (exact) mass is 379 g/mol. The van der Waals surface area contributed by atoms with Crippen molar-refractivity contribution in [2.45, 2.75) is 31.9 Å². The zero-order valence-corrected chi connectivity index (χ0v) is 14.9. The number of carboxylic acids is 1. The van der Waals surface area contributed by atoms with Gasteiger partial charge in [0, 0.05) is 38.2 Å². The molecule has 1 amide bonds. The second kappa shape index (κ2) is 7.51. The molecule has 1 heterocycles. The summed E-state index contributed by atoms with van der Waals surface area (Å²) in [7, 11) is 0. The van der Waals surface area contributed by atoms with E-state index in [1.54, 1.807) is 0 Å². The van der Waals surface area contributed by atoms with Crippen molar-refractivity contribution < 1.29 is 29.0 Å². The van der Waals surface area contributed by atoms with Crippen molar-refractivity contribution in [2.75, 3.05) is 29.9 Å². The van der Waals surface area contributed by atoms with E-state index in [-0.39, 0.29) is 42.8 Å². The van der Waals surface area contributed by atoms with Gasteiger partial charge < -0.3 is 25.7 Å². The van der Waals surface area contributed by atoms with Crippen LogP contribution in [-0.4, -0.2) is 59.7 Å². The molecule has 1 aromatic carbocycles. The molecule has 3 rings (SSSR count). The van der Waals surface area contributed by atoms with Gasteiger partial charge in [0.25, 0.3) is 0 Å². The Kier molecular flexibility index (Phi) is 5.31. The highest BCUT2D eigenvalue weighted by Gasteiger charge is 2.42. The first-order valence-electron chi connectivity index (χ1n) is 8.81. The molecule has 4 N–H and O–H groups in total. The van der Waals surface area contributed by atoms with Gasteiger partial charge in [-0.1, -0.05) is 0 Å². The topological polar surface area (TPSA) is 119 Å². The van der Waals surface area contributed by atoms with Gasteiger partial charge in [-0.05, 0) is 25.0 Å². The number of carbonyl (C=O) groups excluding carboxylic acids is 2. The van der Waals surface area contributed by atoms with Crippen molar-refractivity contribution in [3.8, 4) is 0 Å². The summed E-state index contributed by atoms with van der Waals surface area (Å²) in [5.74, 6) is -3.97. The van der Waals surface area contributed by atoms with Crippen LogP contribution in [0.4, 0.5) is 15.8 Å². The molecule has 2 unspecified atom stereocenters. The highest BCUT2D eigenvalue weighted by Crippen LogP contribution is 2.40. The summed E-state index contributed by atoms with van der Waals surface area (Å²) in [6.45, 7) is 1.44. The number of carbonyl (C=O) groups is 3. The van der Waals surface area contributed by atoms with Crippen LogP contribution in [0.2, 0.25) is 0 Å². The number of aliphatic hydroxyl groups excluding tert-OH is 1. The molecule has 146 valence electrons. The summed E-state index contributed by atoms with van der Waals surface area (Å²) in [6, 6.07) is 2.71. The second-order valence-electron chi connectivity index (χ2n) is 6.96. The number of hydrogen-bond donors (Lipinski definition) is 4. The van der Waals surface area contributed by atoms with E-state index in [2.05, 4.69) is 10.6 Å². The SMILES string of the molecule is CC(=O)NCC(O)CNc1cc2c(cc1F)C(=O)C(C(=O)O)CN2C1CC1. The van der Waals surface area contributed by atoms with Crippen molar-refractivity contribution in [3.63, 3.8) is 0 Å². The average Bonchev–Trinajstić information content (AvgIpc) is 3.43. The molecule has 0 saturated heterocycles. The summed E-state index contributed by atoms with van der Waals surface area (Å²) >= 11 is 0. The number of ketones is 1. The molecule has 0 aromatic heterocycles. The van der Waals surface area contributed by atoms with Crippen LogP contribution in [0.3, 0.4) is 0 Å². The van der Waals surface area contributed by atoms with E-state index in [4.69, 9.17) is 0 Å². The van der Waals surface area contributed by atoms with Crippen molar-refractivity contribution >= 4 is 29.0 Å². The standard InChI is InChI=1S/C18H22FN3O5/c1-9(23)20-6-11(24)7-21-15-5-16-12(4-14(15)19)17(25)13(18(26)27)8-22(16)10-2-3-10/h4-5,10-11,13,21,24H,2-3,6-8H2,1H3,(H,20,23)(H,26,27). The summed E-state index contributed by atoms with van der Waals surface area (Å²) in [5.41, 5.74) is 0.700. The van der Waals surface area contributed by atoms with Crippen molar-refractivity contribution in [1.82, 2.24) is 5.32 Å². The number of anilines is 2. The molecule has 9 heteroatoms. The Hall–Kier alpha value is -2.68. The number of fused-ring (bicyclic) bond motifs is 1. The fourth-order valence-corrected chi connectivity index (χ4v) is 3.18. The van der Waals surface area contributed by atoms with E-state index >= 15 is 0 Å². The van der Waals surface area contributed by atoms with Gasteiger partial charge in [-0.3, -0.25) is 14.4 Å². The zero-order valence-electron chi connectivity index (χ0n) is 14.9. The number of hydrogen-bond acceptors (Lipinski definition) is 6. The highest BCUT2D eigenvalue weighted by molar-refractivity contribution is 6.13. The van der Waals surface area contributed by atoms with Crippen LogP contribution in [0.25, 0.3) is 0 Å². The molecular weight excluding hydrogens is 357 g/mol. The molecular formula is C18H22FN3O5. The Balaban J connectivity index is 1.81. The van der Waals surface area contributed by atoms with E-state index < -0.39 is 29.6 Å². The van der Waals surface area contributed by atoms with Crippen LogP contribution in [-0.2, 0) is 9.59 Å². The quantitative estimate of drug-likeness (QED) is 0.512. The number of amides is 1. The van der Waals surface area contributed by atoms with Crippen LogP contribution in [0.5, 0.6) is 0 Å². The maximum absolute atomic E-state index is 14.5. The molecule has 2 atom stereocenters. The smallest absolute Gasteiger partial charge is 0.316 e. The number of nitrogens with one attached hydrogen (secondary N) is 2. The third-order valence-electron chi connectivity index (χ3n) is 4.76. The molecule has 1 aliphatic heterocycles. The third kappa shape index (κ3) is 4.19. The minimum Gasteiger partial charge on any atom is -0.481 e. The maximum atomic E-state index is 14.5. The number of aliphatic hydroxyl groups is 1. The zero-order chi connectivity index (χ0) is 19.7. The molecule has 0 bridgehead atoms. The van der Waals surface area contributed by atoms with Gasteiger partial charge in [0.15, 0.2) is 5.78 Å². The highest BCUT2D eigenvalue weighted by atomic mass is 19.1. The fourth-order valence-electron chi connectivity index (χ4n) is 3.18. The molecule has 2 aliphatic rings. The molecule has 8 nitrogen and oxygen atoms in total. The van der Waals surface area contributed by atoms with Crippen molar-refractivity contribution in [2.24, 2.45) is 5.92 Å². The summed E-state index contributed by atoms with van der Waals surface area (Å²) in [6.07, 6.45) is 0.882. The first-order valence-corrected chi connectivity index (χ1v) is 8.81. The van der Waals surface area contributed by atoms with Gasteiger partial charge in [0.2, 0.25) is 5.91 Å². The van der Waals surface area contributed by atoms with Crippen LogP contribution >= 0.6 is 0 Å². The van der Waals surface area contributed by atoms with Crippen LogP contribution < -0.4 is 15.5 Å². The maximum Gasteiger partial charge on any atom is 0.316 e. The van der Waals surface area contributed by atoms with E-state index in [0.717, 1.165) is 18.9 Å². The molecule has 1 aromatic rings. The molecule has 1 aliphatic carbocycles. The number of halogens is 1. The van der Waals surface area contributed by atoms with E-state index in [1.807, 2.05) is 4.90 Å². The number of benzene rings is 1. The second-order valence-corrected chi connectivity index (χ2v) is 6.96. The molecule has 0 radical (unpaired) electrons. The Morgan fingerprint density at radius 2 is 2.04 bits per heavy atom. The van der Waals surface area contributed by atoms with E-state index in [1.165, 1.54) is 13.0 Å². The number of carboxylic acid groups (broad SMARTS) is 1. The summed E-state index contributed by atoms with van der Waals surface area (Å²) in [4.78, 5) is 36.6. The van der Waals surface area contributed by atoms with Crippen molar-refractivity contribution in [1.29, 1.82) is 0 Å². The third-order valence-corrected chi connectivity index (χ3v) is 4.76. The number of rotatable bonds is 7. The number of Topliss-reactive ketones (excluding diaryl/α,β-unsaturated/α-hetero) is 1. The Labute approximate surface area is 155 Å². The van der Waals surface area contributed by atoms with E-state index in [0.29, 0.717) is 5.69 Å². The fraction of sp³-hybridized carbons (Fsp3) is 0.500. The lowest BCUT2D eigenvalue weighted by Crippen LogP contribution is -2.44. The molecule has 1 fully saturated rings. The normalized spacial score (nSPS) is 20.0. The number of aliphatic carboxylic acids is 1. The number of nitrogens with zero attached hydrogens (tertiary/aromatic N) is 1. The predicted molar refractivity (Wildman–Crippen MR) is 95.4 cm³/mol. The lowest BCUT2D eigenvalue weighted by Gasteiger charge is -2.34. The Bertz CT molecular complexity index is 781. The van der Waals surface area contributed by atoms with Gasteiger partial charge in [0.05, 0.1) is 17.5 Å². The van der Waals surface area contributed by atoms with Crippen LogP contribution in [0.15, 0.2) is 12.1 Å². The lowest BCUT2D eigenvalue weighted by atomic mass is 9.90. The Morgan fingerprint density at radius 3 is 2.63 bits per heavy atom. The average molecular weight is 379 g/mol. The Morgan fingerprint density at radius 1 is 1.33 bits per heavy atom. The summed E-state index contributed by atoms with van der Waals surface area (Å²) in [5, 5.41) is 24.4. The van der Waals surface area contributed by atoms with Gasteiger partial charge >= 0.3 is 5.97 Å². The predicted octanol–water partition coefficient (Wildman–Crippen LogP) is 0.600. The van der Waals surface area contributed by atoms with E-state index in [9.17, 15) is 29.0 Å².